The summed E-state index contributed by atoms with van der Waals surface area (Å²) in [6.45, 7) is 0.954. The van der Waals surface area contributed by atoms with E-state index in [4.69, 9.17) is 0 Å². The van der Waals surface area contributed by atoms with Gasteiger partial charge in [-0.25, -0.2) is 0 Å². The molecule has 1 aromatic rings. The number of fused-ring (bicyclic) bond motifs is 1. The topological polar surface area (TPSA) is 35.6 Å². The second-order valence-corrected chi connectivity index (χ2v) is 6.62. The van der Waals surface area contributed by atoms with Crippen molar-refractivity contribution in [1.82, 2.24) is 10.2 Å². The summed E-state index contributed by atoms with van der Waals surface area (Å²) in [4.78, 5) is 16.3. The minimum absolute atomic E-state index is 0.141. The molecular weight excluding hydrogens is 262 g/mol. The van der Waals surface area contributed by atoms with Crippen LogP contribution in [0.4, 0.5) is 5.69 Å². The number of carbonyl (C=O) groups is 1. The lowest BCUT2D eigenvalue weighted by molar-refractivity contribution is -0.119. The second-order valence-electron chi connectivity index (χ2n) is 6.62. The van der Waals surface area contributed by atoms with Crippen molar-refractivity contribution in [2.75, 3.05) is 32.6 Å². The van der Waals surface area contributed by atoms with E-state index in [9.17, 15) is 4.79 Å². The van der Waals surface area contributed by atoms with Gasteiger partial charge < -0.3 is 15.1 Å². The van der Waals surface area contributed by atoms with Crippen LogP contribution in [0.5, 0.6) is 0 Å². The number of anilines is 1. The van der Waals surface area contributed by atoms with Crippen LogP contribution >= 0.6 is 0 Å². The monoisotopic (exact) mass is 287 g/mol. The molecule has 2 aliphatic rings. The van der Waals surface area contributed by atoms with Crippen LogP contribution in [0.25, 0.3) is 0 Å². The molecule has 1 fully saturated rings. The lowest BCUT2D eigenvalue weighted by Crippen LogP contribution is -2.57. The Labute approximate surface area is 127 Å². The van der Waals surface area contributed by atoms with Gasteiger partial charge in [0.05, 0.1) is 0 Å². The predicted octanol–water partition coefficient (Wildman–Crippen LogP) is 2.17. The Hall–Kier alpha value is -1.39. The molecule has 21 heavy (non-hydrogen) atoms. The third-order valence-corrected chi connectivity index (χ3v) is 5.34. The first-order valence-corrected chi connectivity index (χ1v) is 7.80. The van der Waals surface area contributed by atoms with E-state index < -0.39 is 0 Å². The summed E-state index contributed by atoms with van der Waals surface area (Å²) < 4.78 is 0. The largest absolute Gasteiger partial charge is 0.315 e. The summed E-state index contributed by atoms with van der Waals surface area (Å²) in [7, 11) is 6.19. The first-order valence-electron chi connectivity index (χ1n) is 7.80. The fourth-order valence-corrected chi connectivity index (χ4v) is 3.51. The highest BCUT2D eigenvalue weighted by molar-refractivity contribution is 5.96. The van der Waals surface area contributed by atoms with Crippen molar-refractivity contribution < 1.29 is 4.79 Å². The Bertz CT molecular complexity index is 537. The van der Waals surface area contributed by atoms with Gasteiger partial charge in [0.15, 0.2) is 0 Å². The van der Waals surface area contributed by atoms with Gasteiger partial charge in [0.1, 0.15) is 0 Å². The number of likely N-dealkylation sites (N-methyl/N-ethyl adjacent to an activating group) is 1. The summed E-state index contributed by atoms with van der Waals surface area (Å²) in [6.07, 6.45) is 4.35. The van der Waals surface area contributed by atoms with Crippen molar-refractivity contribution in [3.8, 4) is 0 Å². The van der Waals surface area contributed by atoms with E-state index in [-0.39, 0.29) is 17.5 Å². The number of benzene rings is 1. The molecule has 1 N–H and O–H groups in total. The molecular formula is C17H25N3O. The van der Waals surface area contributed by atoms with Gasteiger partial charge in [-0.05, 0) is 45.0 Å². The Morgan fingerprint density at radius 1 is 1.33 bits per heavy atom. The first-order chi connectivity index (χ1) is 10.0. The molecule has 1 aliphatic carbocycles. The van der Waals surface area contributed by atoms with Gasteiger partial charge in [0.25, 0.3) is 0 Å². The zero-order valence-corrected chi connectivity index (χ0v) is 13.2. The van der Waals surface area contributed by atoms with Crippen molar-refractivity contribution in [3.05, 3.63) is 29.8 Å². The Balaban J connectivity index is 1.77. The summed E-state index contributed by atoms with van der Waals surface area (Å²) in [5.41, 5.74) is 2.56. The van der Waals surface area contributed by atoms with E-state index in [1.807, 2.05) is 19.2 Å². The molecule has 0 aromatic heterocycles. The van der Waals surface area contributed by atoms with Crippen LogP contribution < -0.4 is 10.2 Å². The van der Waals surface area contributed by atoms with Crippen molar-refractivity contribution in [3.63, 3.8) is 0 Å². The quantitative estimate of drug-likeness (QED) is 0.922. The fraction of sp³-hybridized carbons (Fsp3) is 0.588. The lowest BCUT2D eigenvalue weighted by atomic mass is 9.75. The van der Waals surface area contributed by atoms with Gasteiger partial charge in [-0.3, -0.25) is 4.79 Å². The van der Waals surface area contributed by atoms with Crippen molar-refractivity contribution >= 4 is 11.6 Å². The molecule has 1 saturated carbocycles. The minimum Gasteiger partial charge on any atom is -0.315 e. The molecule has 0 bridgehead atoms. The van der Waals surface area contributed by atoms with Crippen LogP contribution in [0.15, 0.2) is 24.3 Å². The molecule has 1 heterocycles. The van der Waals surface area contributed by atoms with Gasteiger partial charge in [-0.1, -0.05) is 18.2 Å². The number of amides is 1. The van der Waals surface area contributed by atoms with Crippen molar-refractivity contribution in [2.45, 2.75) is 37.3 Å². The number of carbonyl (C=O) groups excluding carboxylic acids is 1. The maximum absolute atomic E-state index is 12.2. The van der Waals surface area contributed by atoms with Crippen LogP contribution in [-0.2, 0) is 4.79 Å². The average molecular weight is 287 g/mol. The summed E-state index contributed by atoms with van der Waals surface area (Å²) in [6, 6.07) is 8.37. The SMILES string of the molecule is CN1C(=O)CC(NCC2(N(C)C)CCC2)c2ccccc21. The van der Waals surface area contributed by atoms with Gasteiger partial charge >= 0.3 is 0 Å². The fourth-order valence-electron chi connectivity index (χ4n) is 3.51. The molecule has 3 rings (SSSR count). The zero-order chi connectivity index (χ0) is 15.0. The van der Waals surface area contributed by atoms with Crippen LogP contribution in [-0.4, -0.2) is 44.0 Å². The number of rotatable bonds is 4. The highest BCUT2D eigenvalue weighted by Crippen LogP contribution is 2.38. The molecule has 1 aliphatic heterocycles. The first kappa shape index (κ1) is 14.5. The maximum Gasteiger partial charge on any atom is 0.228 e. The molecule has 0 radical (unpaired) electrons. The molecule has 4 heteroatoms. The number of nitrogens with zero attached hydrogens (tertiary/aromatic N) is 2. The van der Waals surface area contributed by atoms with E-state index in [1.54, 1.807) is 4.90 Å². The normalized spacial score (nSPS) is 23.9. The smallest absolute Gasteiger partial charge is 0.228 e. The van der Waals surface area contributed by atoms with Crippen LogP contribution in [0, 0.1) is 0 Å². The van der Waals surface area contributed by atoms with Crippen LogP contribution in [0.1, 0.15) is 37.3 Å². The van der Waals surface area contributed by atoms with Crippen molar-refractivity contribution in [2.24, 2.45) is 0 Å². The number of para-hydroxylation sites is 1. The summed E-state index contributed by atoms with van der Waals surface area (Å²) >= 11 is 0. The highest BCUT2D eigenvalue weighted by Gasteiger charge is 2.40. The molecule has 0 spiro atoms. The van der Waals surface area contributed by atoms with Gasteiger partial charge in [-0.2, -0.15) is 0 Å². The molecule has 4 nitrogen and oxygen atoms in total. The Morgan fingerprint density at radius 2 is 2.05 bits per heavy atom. The van der Waals surface area contributed by atoms with E-state index in [0.717, 1.165) is 12.2 Å². The van der Waals surface area contributed by atoms with Gasteiger partial charge in [0, 0.05) is 37.3 Å². The standard InChI is InChI=1S/C17H25N3O/c1-19(2)17(9-6-10-17)12-18-14-11-16(21)20(3)15-8-5-4-7-13(14)15/h4-5,7-8,14,18H,6,9-12H2,1-3H3. The molecule has 1 unspecified atom stereocenters. The van der Waals surface area contributed by atoms with Gasteiger partial charge in [-0.15, -0.1) is 0 Å². The number of nitrogens with one attached hydrogen (secondary N) is 1. The van der Waals surface area contributed by atoms with E-state index in [1.165, 1.54) is 24.8 Å². The van der Waals surface area contributed by atoms with Crippen LogP contribution in [0.3, 0.4) is 0 Å². The average Bonchev–Trinajstić information content (AvgIpc) is 2.42. The predicted molar refractivity (Wildman–Crippen MR) is 85.5 cm³/mol. The van der Waals surface area contributed by atoms with E-state index >= 15 is 0 Å². The number of hydrogen-bond donors (Lipinski definition) is 1. The van der Waals surface area contributed by atoms with Gasteiger partial charge in [0.2, 0.25) is 5.91 Å². The molecule has 0 saturated heterocycles. The maximum atomic E-state index is 12.2. The second kappa shape index (κ2) is 5.43. The number of hydrogen-bond acceptors (Lipinski definition) is 3. The molecule has 114 valence electrons. The Morgan fingerprint density at radius 3 is 2.67 bits per heavy atom. The van der Waals surface area contributed by atoms with Crippen LogP contribution in [0.2, 0.25) is 0 Å². The van der Waals surface area contributed by atoms with E-state index in [2.05, 4.69) is 36.4 Å². The summed E-state index contributed by atoms with van der Waals surface area (Å²) in [5.74, 6) is 0.193. The Kier molecular flexibility index (Phi) is 3.76. The molecule has 1 amide bonds. The third kappa shape index (κ3) is 2.47. The zero-order valence-electron chi connectivity index (χ0n) is 13.2. The van der Waals surface area contributed by atoms with E-state index in [0.29, 0.717) is 6.42 Å². The highest BCUT2D eigenvalue weighted by atomic mass is 16.2. The lowest BCUT2D eigenvalue weighted by Gasteiger charge is -2.48. The minimum atomic E-state index is 0.141. The summed E-state index contributed by atoms with van der Waals surface area (Å²) in [5, 5.41) is 3.66. The molecule has 1 atom stereocenters. The molecule has 1 aromatic carbocycles. The van der Waals surface area contributed by atoms with Crippen molar-refractivity contribution in [1.29, 1.82) is 0 Å². The third-order valence-electron chi connectivity index (χ3n) is 5.34.